The third kappa shape index (κ3) is 3.23. The summed E-state index contributed by atoms with van der Waals surface area (Å²) < 4.78 is 11.2. The minimum absolute atomic E-state index is 0.00981. The zero-order chi connectivity index (χ0) is 16.4. The summed E-state index contributed by atoms with van der Waals surface area (Å²) in [4.78, 5) is 14.5. The van der Waals surface area contributed by atoms with Crippen molar-refractivity contribution in [2.45, 2.75) is 39.7 Å². The molecule has 1 aromatic carbocycles. The van der Waals surface area contributed by atoms with Crippen molar-refractivity contribution in [1.82, 2.24) is 10.1 Å². The Morgan fingerprint density at radius 3 is 2.52 bits per heavy atom. The van der Waals surface area contributed by atoms with E-state index in [2.05, 4.69) is 5.16 Å². The normalized spacial score (nSPS) is 15.7. The highest BCUT2D eigenvalue weighted by Crippen LogP contribution is 2.24. The van der Waals surface area contributed by atoms with Crippen molar-refractivity contribution in [2.24, 2.45) is 0 Å². The van der Waals surface area contributed by atoms with Crippen LogP contribution in [0, 0.1) is 20.8 Å². The predicted molar refractivity (Wildman–Crippen MR) is 86.7 cm³/mol. The molecule has 1 amide bonds. The topological polar surface area (TPSA) is 55.6 Å². The van der Waals surface area contributed by atoms with Gasteiger partial charge in [-0.2, -0.15) is 0 Å². The molecule has 1 aliphatic rings. The quantitative estimate of drug-likeness (QED) is 0.872. The molecular weight excluding hydrogens is 292 g/mol. The van der Waals surface area contributed by atoms with Crippen LogP contribution in [0.1, 0.15) is 40.2 Å². The number of hydrogen-bond acceptors (Lipinski definition) is 4. The van der Waals surface area contributed by atoms with Crippen LogP contribution in [0.5, 0.6) is 5.75 Å². The molecule has 5 heteroatoms. The number of aryl methyl sites for hydroxylation is 3. The lowest BCUT2D eigenvalue weighted by Crippen LogP contribution is -2.42. The highest BCUT2D eigenvalue weighted by Gasteiger charge is 2.28. The lowest BCUT2D eigenvalue weighted by molar-refractivity contribution is 0.0592. The number of rotatable bonds is 3. The number of ether oxygens (including phenoxy) is 1. The van der Waals surface area contributed by atoms with Gasteiger partial charge in [-0.25, -0.2) is 0 Å². The molecule has 2 heterocycles. The number of hydrogen-bond donors (Lipinski definition) is 0. The maximum Gasteiger partial charge on any atom is 0.259 e. The van der Waals surface area contributed by atoms with Gasteiger partial charge in [0.05, 0.1) is 5.69 Å². The van der Waals surface area contributed by atoms with Crippen LogP contribution in [0.4, 0.5) is 0 Å². The summed E-state index contributed by atoms with van der Waals surface area (Å²) >= 11 is 0. The number of piperidine rings is 1. The highest BCUT2D eigenvalue weighted by atomic mass is 16.5. The van der Waals surface area contributed by atoms with Crippen molar-refractivity contribution >= 4 is 5.91 Å². The number of likely N-dealkylation sites (tertiary alicyclic amines) is 1. The summed E-state index contributed by atoms with van der Waals surface area (Å²) in [5.74, 6) is 1.53. The van der Waals surface area contributed by atoms with Crippen molar-refractivity contribution in [3.05, 3.63) is 46.8 Å². The summed E-state index contributed by atoms with van der Waals surface area (Å²) in [7, 11) is 0. The minimum Gasteiger partial charge on any atom is -0.490 e. The van der Waals surface area contributed by atoms with Gasteiger partial charge in [0.25, 0.3) is 5.91 Å². The van der Waals surface area contributed by atoms with Crippen molar-refractivity contribution in [3.63, 3.8) is 0 Å². The molecule has 1 saturated heterocycles. The van der Waals surface area contributed by atoms with Crippen LogP contribution in [0.2, 0.25) is 0 Å². The molecule has 0 spiro atoms. The first-order valence-electron chi connectivity index (χ1n) is 8.00. The van der Waals surface area contributed by atoms with Crippen LogP contribution in [0.15, 0.2) is 28.8 Å². The maximum atomic E-state index is 12.6. The summed E-state index contributed by atoms with van der Waals surface area (Å²) in [5.41, 5.74) is 2.40. The van der Waals surface area contributed by atoms with E-state index >= 15 is 0 Å². The lowest BCUT2D eigenvalue weighted by Gasteiger charge is -2.32. The van der Waals surface area contributed by atoms with E-state index in [0.717, 1.165) is 24.2 Å². The van der Waals surface area contributed by atoms with Gasteiger partial charge in [-0.15, -0.1) is 0 Å². The summed E-state index contributed by atoms with van der Waals surface area (Å²) in [5, 5.41) is 3.87. The zero-order valence-electron chi connectivity index (χ0n) is 13.8. The van der Waals surface area contributed by atoms with Crippen LogP contribution in [0.3, 0.4) is 0 Å². The third-order valence-corrected chi connectivity index (χ3v) is 4.36. The molecule has 0 N–H and O–H groups in total. The highest BCUT2D eigenvalue weighted by molar-refractivity contribution is 5.96. The smallest absolute Gasteiger partial charge is 0.259 e. The van der Waals surface area contributed by atoms with E-state index in [4.69, 9.17) is 9.26 Å². The molecule has 0 bridgehead atoms. The Kier molecular flexibility index (Phi) is 4.37. The van der Waals surface area contributed by atoms with Crippen LogP contribution in [-0.2, 0) is 0 Å². The largest absolute Gasteiger partial charge is 0.490 e. The molecule has 0 radical (unpaired) electrons. The van der Waals surface area contributed by atoms with Crippen molar-refractivity contribution in [1.29, 1.82) is 0 Å². The molecular formula is C18H22N2O3. The van der Waals surface area contributed by atoms with Gasteiger partial charge in [-0.3, -0.25) is 4.79 Å². The first-order chi connectivity index (χ1) is 11.1. The van der Waals surface area contributed by atoms with Crippen LogP contribution in [0.25, 0.3) is 0 Å². The number of amides is 1. The molecule has 5 nitrogen and oxygen atoms in total. The molecule has 122 valence electrons. The molecule has 1 aliphatic heterocycles. The molecule has 1 fully saturated rings. The molecule has 0 aliphatic carbocycles. The van der Waals surface area contributed by atoms with Gasteiger partial charge in [-0.1, -0.05) is 23.4 Å². The molecule has 23 heavy (non-hydrogen) atoms. The fourth-order valence-corrected chi connectivity index (χ4v) is 2.99. The van der Waals surface area contributed by atoms with Gasteiger partial charge < -0.3 is 14.2 Å². The average molecular weight is 314 g/mol. The monoisotopic (exact) mass is 314 g/mol. The number of benzene rings is 1. The Balaban J connectivity index is 1.60. The number of carbonyl (C=O) groups is 1. The van der Waals surface area contributed by atoms with E-state index in [1.807, 2.05) is 36.1 Å². The van der Waals surface area contributed by atoms with E-state index in [9.17, 15) is 4.79 Å². The third-order valence-electron chi connectivity index (χ3n) is 4.36. The number of aromatic nitrogens is 1. The Morgan fingerprint density at radius 1 is 1.22 bits per heavy atom. The van der Waals surface area contributed by atoms with Crippen molar-refractivity contribution < 1.29 is 14.1 Å². The Labute approximate surface area is 136 Å². The Hall–Kier alpha value is -2.30. The number of carbonyl (C=O) groups excluding carboxylic acids is 1. The van der Waals surface area contributed by atoms with Crippen LogP contribution >= 0.6 is 0 Å². The maximum absolute atomic E-state index is 12.6. The molecule has 1 aromatic heterocycles. The first kappa shape index (κ1) is 15.6. The van der Waals surface area contributed by atoms with Gasteiger partial charge in [-0.05, 0) is 32.4 Å². The SMILES string of the molecule is Cc1ccccc1OC1CCN(C(=O)c2c(C)noc2C)CC1. The number of nitrogens with zero attached hydrogens (tertiary/aromatic N) is 2. The lowest BCUT2D eigenvalue weighted by atomic mass is 10.1. The Bertz CT molecular complexity index is 681. The van der Waals surface area contributed by atoms with E-state index in [0.29, 0.717) is 30.1 Å². The predicted octanol–water partition coefficient (Wildman–Crippen LogP) is 3.28. The fraction of sp³-hybridized carbons (Fsp3) is 0.444. The second-order valence-electron chi connectivity index (χ2n) is 6.07. The number of para-hydroxylation sites is 1. The molecule has 0 saturated carbocycles. The summed E-state index contributed by atoms with van der Waals surface area (Å²) in [6.07, 6.45) is 1.83. The van der Waals surface area contributed by atoms with Gasteiger partial charge in [0.15, 0.2) is 0 Å². The van der Waals surface area contributed by atoms with Gasteiger partial charge in [0, 0.05) is 25.9 Å². The standard InChI is InChI=1S/C18H22N2O3/c1-12-6-4-5-7-16(12)22-15-8-10-20(11-9-15)18(21)17-13(2)19-23-14(17)3/h4-7,15H,8-11H2,1-3H3. The average Bonchev–Trinajstić information content (AvgIpc) is 2.88. The molecule has 2 aromatic rings. The van der Waals surface area contributed by atoms with Gasteiger partial charge in [0.1, 0.15) is 23.2 Å². The van der Waals surface area contributed by atoms with Gasteiger partial charge >= 0.3 is 0 Å². The van der Waals surface area contributed by atoms with E-state index in [1.165, 1.54) is 0 Å². The molecule has 3 rings (SSSR count). The summed E-state index contributed by atoms with van der Waals surface area (Å²) in [6, 6.07) is 8.04. The molecule has 0 atom stereocenters. The second kappa shape index (κ2) is 6.44. The fourth-order valence-electron chi connectivity index (χ4n) is 2.99. The van der Waals surface area contributed by atoms with Gasteiger partial charge in [0.2, 0.25) is 0 Å². The van der Waals surface area contributed by atoms with E-state index in [1.54, 1.807) is 13.8 Å². The zero-order valence-corrected chi connectivity index (χ0v) is 13.8. The van der Waals surface area contributed by atoms with Crippen LogP contribution < -0.4 is 4.74 Å². The molecule has 0 unspecified atom stereocenters. The second-order valence-corrected chi connectivity index (χ2v) is 6.07. The van der Waals surface area contributed by atoms with Crippen molar-refractivity contribution in [2.75, 3.05) is 13.1 Å². The van der Waals surface area contributed by atoms with Crippen molar-refractivity contribution in [3.8, 4) is 5.75 Å². The van der Waals surface area contributed by atoms with E-state index < -0.39 is 0 Å². The Morgan fingerprint density at radius 2 is 1.91 bits per heavy atom. The summed E-state index contributed by atoms with van der Waals surface area (Å²) in [6.45, 7) is 7.02. The first-order valence-corrected chi connectivity index (χ1v) is 8.00. The minimum atomic E-state index is 0.00981. The van der Waals surface area contributed by atoms with Crippen LogP contribution in [-0.4, -0.2) is 35.2 Å². The van der Waals surface area contributed by atoms with E-state index in [-0.39, 0.29) is 12.0 Å².